The number of rotatable bonds is 9. The maximum absolute atomic E-state index is 12.8. The van der Waals surface area contributed by atoms with Gasteiger partial charge in [0.25, 0.3) is 0 Å². The Morgan fingerprint density at radius 3 is 2.57 bits per heavy atom. The predicted octanol–water partition coefficient (Wildman–Crippen LogP) is 3.67. The number of Topliss-reactive ketones (excluding diaryl/α,β-unsaturated/α-hetero) is 1. The third kappa shape index (κ3) is 4.54. The van der Waals surface area contributed by atoms with Crippen LogP contribution in [0.1, 0.15) is 33.1 Å². The van der Waals surface area contributed by atoms with Crippen molar-refractivity contribution >= 4 is 17.5 Å². The number of benzene rings is 1. The molecule has 148 valence electrons. The second-order valence-corrected chi connectivity index (χ2v) is 7.69. The zero-order valence-corrected chi connectivity index (χ0v) is 17.6. The molecule has 0 atom stereocenters. The Labute approximate surface area is 169 Å². The highest BCUT2D eigenvalue weighted by atomic mass is 32.2. The first kappa shape index (κ1) is 20.4. The molecule has 3 rings (SSSR count). The molecule has 0 fully saturated rings. The third-order valence-electron chi connectivity index (χ3n) is 4.81. The van der Waals surface area contributed by atoms with Crippen molar-refractivity contribution in [2.24, 2.45) is 0 Å². The molecule has 3 aromatic rings. The number of hydrogen-bond acceptors (Lipinski definition) is 5. The fourth-order valence-electron chi connectivity index (χ4n) is 3.23. The van der Waals surface area contributed by atoms with E-state index >= 15 is 0 Å². The molecule has 28 heavy (non-hydrogen) atoms. The minimum absolute atomic E-state index is 0.105. The zero-order valence-electron chi connectivity index (χ0n) is 16.8. The minimum atomic E-state index is 0.105. The van der Waals surface area contributed by atoms with Gasteiger partial charge in [-0.1, -0.05) is 42.1 Å². The maximum Gasteiger partial charge on any atom is 0.191 e. The molecule has 0 bridgehead atoms. The Bertz CT molecular complexity index is 947. The van der Waals surface area contributed by atoms with E-state index in [0.29, 0.717) is 18.9 Å². The topological polar surface area (TPSA) is 61.9 Å². The Kier molecular flexibility index (Phi) is 6.70. The van der Waals surface area contributed by atoms with Gasteiger partial charge in [-0.25, -0.2) is 0 Å². The number of aromatic nitrogens is 4. The number of ketones is 1. The second kappa shape index (κ2) is 9.21. The monoisotopic (exact) mass is 398 g/mol. The summed E-state index contributed by atoms with van der Waals surface area (Å²) >= 11 is 1.44. The number of methoxy groups -OCH3 is 1. The van der Waals surface area contributed by atoms with Crippen LogP contribution in [0.15, 0.2) is 41.6 Å². The minimum Gasteiger partial charge on any atom is -0.383 e. The van der Waals surface area contributed by atoms with Gasteiger partial charge in [0.15, 0.2) is 10.9 Å². The lowest BCUT2D eigenvalue weighted by Crippen LogP contribution is -2.10. The average molecular weight is 399 g/mol. The quantitative estimate of drug-likeness (QED) is 0.406. The summed E-state index contributed by atoms with van der Waals surface area (Å²) in [5.41, 5.74) is 4.01. The fraction of sp³-hybridized carbons (Fsp3) is 0.381. The molecule has 0 N–H and O–H groups in total. The number of nitrogens with zero attached hydrogens (tertiary/aromatic N) is 4. The Balaban J connectivity index is 1.70. The first-order chi connectivity index (χ1) is 13.5. The summed E-state index contributed by atoms with van der Waals surface area (Å²) in [4.78, 5) is 12.8. The standard InChI is InChI=1S/C21H26N4O2S/c1-15-12-19(16(2)24(15)10-11-27-4)20(26)14-28-21-23-22-17(3)25(21)13-18-8-6-5-7-9-18/h5-9,12H,10-11,13-14H2,1-4H3. The molecule has 0 unspecified atom stereocenters. The van der Waals surface area contributed by atoms with E-state index in [9.17, 15) is 4.79 Å². The number of hydrogen-bond donors (Lipinski definition) is 0. The predicted molar refractivity (Wildman–Crippen MR) is 111 cm³/mol. The molecule has 0 saturated heterocycles. The maximum atomic E-state index is 12.8. The van der Waals surface area contributed by atoms with Crippen molar-refractivity contribution in [3.8, 4) is 0 Å². The van der Waals surface area contributed by atoms with Gasteiger partial charge < -0.3 is 13.9 Å². The van der Waals surface area contributed by atoms with Crippen molar-refractivity contribution < 1.29 is 9.53 Å². The second-order valence-electron chi connectivity index (χ2n) is 6.74. The summed E-state index contributed by atoms with van der Waals surface area (Å²) in [6.07, 6.45) is 0. The molecule has 0 aliphatic rings. The molecule has 2 heterocycles. The van der Waals surface area contributed by atoms with E-state index in [1.807, 2.05) is 45.0 Å². The van der Waals surface area contributed by atoms with Gasteiger partial charge in [-0.15, -0.1) is 10.2 Å². The number of ether oxygens (including phenoxy) is 1. The molecule has 1 aromatic carbocycles. The highest BCUT2D eigenvalue weighted by molar-refractivity contribution is 7.99. The van der Waals surface area contributed by atoms with Gasteiger partial charge in [0.1, 0.15) is 5.82 Å². The first-order valence-corrected chi connectivity index (χ1v) is 10.2. The highest BCUT2D eigenvalue weighted by Crippen LogP contribution is 2.22. The molecule has 2 aromatic heterocycles. The van der Waals surface area contributed by atoms with Crippen LogP contribution in [0.5, 0.6) is 0 Å². The van der Waals surface area contributed by atoms with Crippen LogP contribution in [0.2, 0.25) is 0 Å². The zero-order chi connectivity index (χ0) is 20.1. The van der Waals surface area contributed by atoms with Crippen LogP contribution in [0, 0.1) is 20.8 Å². The normalized spacial score (nSPS) is 11.1. The Morgan fingerprint density at radius 2 is 1.86 bits per heavy atom. The SMILES string of the molecule is COCCn1c(C)cc(C(=O)CSc2nnc(C)n2Cc2ccccc2)c1C. The van der Waals surface area contributed by atoms with Crippen molar-refractivity contribution in [3.63, 3.8) is 0 Å². The van der Waals surface area contributed by atoms with Crippen molar-refractivity contribution in [2.45, 2.75) is 39.0 Å². The molecule has 7 heteroatoms. The molecular formula is C21H26N4O2S. The smallest absolute Gasteiger partial charge is 0.191 e. The van der Waals surface area contributed by atoms with E-state index < -0.39 is 0 Å². The summed E-state index contributed by atoms with van der Waals surface area (Å²) < 4.78 is 9.35. The van der Waals surface area contributed by atoms with Crippen LogP contribution in [0.3, 0.4) is 0 Å². The summed E-state index contributed by atoms with van der Waals surface area (Å²) in [7, 11) is 1.68. The summed E-state index contributed by atoms with van der Waals surface area (Å²) in [5.74, 6) is 1.28. The summed E-state index contributed by atoms with van der Waals surface area (Å²) in [6, 6.07) is 12.2. The van der Waals surface area contributed by atoms with Gasteiger partial charge >= 0.3 is 0 Å². The lowest BCUT2D eigenvalue weighted by atomic mass is 10.2. The number of aryl methyl sites for hydroxylation is 2. The lowest BCUT2D eigenvalue weighted by Gasteiger charge is -2.09. The van der Waals surface area contributed by atoms with E-state index in [1.165, 1.54) is 17.3 Å². The molecule has 0 spiro atoms. The van der Waals surface area contributed by atoms with E-state index in [2.05, 4.69) is 31.5 Å². The molecular weight excluding hydrogens is 372 g/mol. The van der Waals surface area contributed by atoms with Gasteiger partial charge in [-0.2, -0.15) is 0 Å². The van der Waals surface area contributed by atoms with Crippen molar-refractivity contribution in [1.82, 2.24) is 19.3 Å². The van der Waals surface area contributed by atoms with Crippen LogP contribution >= 0.6 is 11.8 Å². The molecule has 0 saturated carbocycles. The van der Waals surface area contributed by atoms with Crippen LogP contribution in [-0.4, -0.2) is 44.6 Å². The van der Waals surface area contributed by atoms with Crippen LogP contribution in [-0.2, 0) is 17.8 Å². The van der Waals surface area contributed by atoms with E-state index in [4.69, 9.17) is 4.74 Å². The van der Waals surface area contributed by atoms with Crippen LogP contribution < -0.4 is 0 Å². The van der Waals surface area contributed by atoms with Gasteiger partial charge in [0.05, 0.1) is 18.9 Å². The average Bonchev–Trinajstić information content (AvgIpc) is 3.18. The van der Waals surface area contributed by atoms with Crippen LogP contribution in [0.25, 0.3) is 0 Å². The molecule has 0 aliphatic carbocycles. The number of carbonyl (C=O) groups excluding carboxylic acids is 1. The molecule has 0 aliphatic heterocycles. The number of thioether (sulfide) groups is 1. The van der Waals surface area contributed by atoms with Crippen molar-refractivity contribution in [2.75, 3.05) is 19.5 Å². The van der Waals surface area contributed by atoms with Crippen LogP contribution in [0.4, 0.5) is 0 Å². The highest BCUT2D eigenvalue weighted by Gasteiger charge is 2.18. The summed E-state index contributed by atoms with van der Waals surface area (Å²) in [6.45, 7) is 8.02. The fourth-order valence-corrected chi connectivity index (χ4v) is 4.10. The lowest BCUT2D eigenvalue weighted by molar-refractivity contribution is 0.102. The molecule has 6 nitrogen and oxygen atoms in total. The van der Waals surface area contributed by atoms with Gasteiger partial charge in [0, 0.05) is 30.6 Å². The molecule has 0 radical (unpaired) electrons. The third-order valence-corrected chi connectivity index (χ3v) is 5.78. The van der Waals surface area contributed by atoms with E-state index in [0.717, 1.165) is 34.5 Å². The summed E-state index contributed by atoms with van der Waals surface area (Å²) in [5, 5.41) is 9.23. The molecule has 0 amide bonds. The van der Waals surface area contributed by atoms with Gasteiger partial charge in [-0.3, -0.25) is 4.79 Å². The Morgan fingerprint density at radius 1 is 1.11 bits per heavy atom. The van der Waals surface area contributed by atoms with Gasteiger partial charge in [0.2, 0.25) is 0 Å². The van der Waals surface area contributed by atoms with E-state index in [1.54, 1.807) is 7.11 Å². The largest absolute Gasteiger partial charge is 0.383 e. The number of carbonyl (C=O) groups is 1. The van der Waals surface area contributed by atoms with Gasteiger partial charge in [-0.05, 0) is 32.4 Å². The first-order valence-electron chi connectivity index (χ1n) is 9.26. The van der Waals surface area contributed by atoms with E-state index in [-0.39, 0.29) is 5.78 Å². The van der Waals surface area contributed by atoms with Crippen molar-refractivity contribution in [3.05, 3.63) is 64.7 Å². The van der Waals surface area contributed by atoms with Crippen molar-refractivity contribution in [1.29, 1.82) is 0 Å². The Hall–Kier alpha value is -2.38.